The fourth-order valence-corrected chi connectivity index (χ4v) is 4.20. The molecule has 1 aromatic rings. The smallest absolute Gasteiger partial charge is 0.356 e. The van der Waals surface area contributed by atoms with Crippen LogP contribution >= 0.6 is 11.3 Å². The summed E-state index contributed by atoms with van der Waals surface area (Å²) < 4.78 is 25.8. The number of aromatic carboxylic acids is 1. The quantitative estimate of drug-likeness (QED) is 0.791. The molecule has 0 aliphatic carbocycles. The summed E-state index contributed by atoms with van der Waals surface area (Å²) >= 11 is 0.705. The number of nitrogens with zero attached hydrogens (tertiary/aromatic N) is 2. The molecule has 0 saturated carbocycles. The van der Waals surface area contributed by atoms with Crippen LogP contribution in [0, 0.1) is 0 Å². The number of likely N-dealkylation sites (tertiary alicyclic amines) is 1. The lowest BCUT2D eigenvalue weighted by atomic mass is 10.1. The molecule has 116 valence electrons. The predicted octanol–water partition coefficient (Wildman–Crippen LogP) is 0.132. The van der Waals surface area contributed by atoms with Crippen LogP contribution in [0.1, 0.15) is 29.8 Å². The van der Waals surface area contributed by atoms with E-state index in [1.165, 1.54) is 0 Å². The topological polar surface area (TPSA) is 117 Å². The summed E-state index contributed by atoms with van der Waals surface area (Å²) in [5, 5.41) is 8.88. The Morgan fingerprint density at radius 3 is 2.62 bits per heavy atom. The number of rotatable bonds is 5. The minimum Gasteiger partial charge on any atom is -0.476 e. The van der Waals surface area contributed by atoms with E-state index >= 15 is 0 Å². The molecule has 0 atom stereocenters. The molecule has 8 nitrogen and oxygen atoms in total. The minimum absolute atomic E-state index is 0.306. The van der Waals surface area contributed by atoms with Crippen LogP contribution in [0.3, 0.4) is 0 Å². The Morgan fingerprint density at radius 1 is 1.33 bits per heavy atom. The third-order valence-electron chi connectivity index (χ3n) is 3.10. The fourth-order valence-electron chi connectivity index (χ4n) is 2.05. The van der Waals surface area contributed by atoms with Crippen LogP contribution in [-0.2, 0) is 14.8 Å². The van der Waals surface area contributed by atoms with Crippen molar-refractivity contribution < 1.29 is 23.1 Å². The van der Waals surface area contributed by atoms with Crippen LogP contribution < -0.4 is 4.72 Å². The molecular weight excluding hydrogens is 318 g/mol. The number of amides is 1. The van der Waals surface area contributed by atoms with Crippen molar-refractivity contribution in [1.29, 1.82) is 0 Å². The zero-order chi connectivity index (χ0) is 15.5. The standard InChI is InChI=1S/C11H15N3O5S2/c15-8(14-4-2-1-3-5-14)6-13-21(18,19)11-9(10(16)17)12-7-20-11/h7,13H,1-6H2,(H,16,17). The number of thiazole rings is 1. The summed E-state index contributed by atoms with van der Waals surface area (Å²) in [6.45, 7) is 0.877. The summed E-state index contributed by atoms with van der Waals surface area (Å²) in [7, 11) is -4.05. The van der Waals surface area contributed by atoms with E-state index in [9.17, 15) is 18.0 Å². The maximum absolute atomic E-state index is 12.0. The lowest BCUT2D eigenvalue weighted by Crippen LogP contribution is -2.42. The van der Waals surface area contributed by atoms with Crippen molar-refractivity contribution in [1.82, 2.24) is 14.6 Å². The van der Waals surface area contributed by atoms with Gasteiger partial charge in [0, 0.05) is 13.1 Å². The van der Waals surface area contributed by atoms with Crippen LogP contribution in [0.5, 0.6) is 0 Å². The van der Waals surface area contributed by atoms with Crippen LogP contribution in [0.2, 0.25) is 0 Å². The van der Waals surface area contributed by atoms with Crippen molar-refractivity contribution in [2.45, 2.75) is 23.5 Å². The van der Waals surface area contributed by atoms with Gasteiger partial charge in [0.2, 0.25) is 5.91 Å². The normalized spacial score (nSPS) is 15.9. The van der Waals surface area contributed by atoms with Gasteiger partial charge in [-0.2, -0.15) is 0 Å². The maximum Gasteiger partial charge on any atom is 0.356 e. The van der Waals surface area contributed by atoms with E-state index in [0.717, 1.165) is 24.8 Å². The van der Waals surface area contributed by atoms with Gasteiger partial charge in [-0.15, -0.1) is 11.3 Å². The van der Waals surface area contributed by atoms with E-state index in [4.69, 9.17) is 5.11 Å². The molecule has 1 fully saturated rings. The van der Waals surface area contributed by atoms with Gasteiger partial charge in [0.25, 0.3) is 10.0 Å². The SMILES string of the molecule is O=C(O)c1ncsc1S(=O)(=O)NCC(=O)N1CCCCC1. The molecule has 0 unspecified atom stereocenters. The second kappa shape index (κ2) is 6.50. The zero-order valence-electron chi connectivity index (χ0n) is 11.1. The number of hydrogen-bond acceptors (Lipinski definition) is 6. The highest BCUT2D eigenvalue weighted by molar-refractivity contribution is 7.91. The first-order valence-corrected chi connectivity index (χ1v) is 8.72. The number of sulfonamides is 1. The highest BCUT2D eigenvalue weighted by Crippen LogP contribution is 2.19. The van der Waals surface area contributed by atoms with Crippen molar-refractivity contribution in [2.75, 3.05) is 19.6 Å². The van der Waals surface area contributed by atoms with Crippen LogP contribution in [0.25, 0.3) is 0 Å². The summed E-state index contributed by atoms with van der Waals surface area (Å²) in [6.07, 6.45) is 2.89. The molecule has 2 N–H and O–H groups in total. The molecule has 1 aliphatic rings. The zero-order valence-corrected chi connectivity index (χ0v) is 12.7. The minimum atomic E-state index is -4.05. The molecule has 0 radical (unpaired) electrons. The van der Waals surface area contributed by atoms with Crippen LogP contribution in [0.4, 0.5) is 0 Å². The number of nitrogens with one attached hydrogen (secondary N) is 1. The van der Waals surface area contributed by atoms with Gasteiger partial charge in [0.1, 0.15) is 0 Å². The largest absolute Gasteiger partial charge is 0.476 e. The summed E-state index contributed by atoms with van der Waals surface area (Å²) in [5.41, 5.74) is 0.614. The maximum atomic E-state index is 12.0. The lowest BCUT2D eigenvalue weighted by Gasteiger charge is -2.26. The number of hydrogen-bond donors (Lipinski definition) is 2. The van der Waals surface area contributed by atoms with Crippen LogP contribution in [0.15, 0.2) is 9.72 Å². The molecule has 2 rings (SSSR count). The number of carbonyl (C=O) groups is 2. The Kier molecular flexibility index (Phi) is 4.91. The monoisotopic (exact) mass is 333 g/mol. The molecule has 0 spiro atoms. The molecule has 1 aromatic heterocycles. The van der Waals surface area contributed by atoms with E-state index in [0.29, 0.717) is 24.4 Å². The second-order valence-corrected chi connectivity index (χ2v) is 7.38. The van der Waals surface area contributed by atoms with Crippen molar-refractivity contribution in [3.05, 3.63) is 11.2 Å². The van der Waals surface area contributed by atoms with Gasteiger partial charge in [-0.05, 0) is 19.3 Å². The summed E-state index contributed by atoms with van der Waals surface area (Å²) in [5.74, 6) is -1.72. The lowest BCUT2D eigenvalue weighted by molar-refractivity contribution is -0.130. The Bertz CT molecular complexity index is 634. The highest BCUT2D eigenvalue weighted by atomic mass is 32.2. The Balaban J connectivity index is 2.02. The second-order valence-electron chi connectivity index (χ2n) is 4.56. The number of carboxylic acid groups (broad SMARTS) is 1. The average molecular weight is 333 g/mol. The molecule has 1 amide bonds. The van der Waals surface area contributed by atoms with Crippen molar-refractivity contribution >= 4 is 33.2 Å². The van der Waals surface area contributed by atoms with Gasteiger partial charge in [0.05, 0.1) is 12.1 Å². The average Bonchev–Trinajstić information content (AvgIpc) is 2.96. The van der Waals surface area contributed by atoms with E-state index < -0.39 is 21.7 Å². The van der Waals surface area contributed by atoms with E-state index in [1.54, 1.807) is 4.90 Å². The predicted molar refractivity (Wildman–Crippen MR) is 74.7 cm³/mol. The molecule has 21 heavy (non-hydrogen) atoms. The summed E-state index contributed by atoms with van der Waals surface area (Å²) in [4.78, 5) is 27.9. The molecule has 1 saturated heterocycles. The molecule has 1 aliphatic heterocycles. The third kappa shape index (κ3) is 3.77. The Morgan fingerprint density at radius 2 is 2.00 bits per heavy atom. The molecule has 2 heterocycles. The molecule has 0 aromatic carbocycles. The first kappa shape index (κ1) is 15.9. The van der Waals surface area contributed by atoms with Crippen molar-refractivity contribution in [3.63, 3.8) is 0 Å². The Hall–Kier alpha value is -1.52. The first-order valence-electron chi connectivity index (χ1n) is 6.36. The van der Waals surface area contributed by atoms with Gasteiger partial charge in [0.15, 0.2) is 9.90 Å². The van der Waals surface area contributed by atoms with Gasteiger partial charge in [-0.3, -0.25) is 4.79 Å². The first-order chi connectivity index (χ1) is 9.92. The molecular formula is C11H15N3O5S2. The number of piperidine rings is 1. The number of carbonyl (C=O) groups excluding carboxylic acids is 1. The number of aromatic nitrogens is 1. The van der Waals surface area contributed by atoms with E-state index in [2.05, 4.69) is 9.71 Å². The van der Waals surface area contributed by atoms with E-state index in [-0.39, 0.29) is 16.7 Å². The molecule has 0 bridgehead atoms. The van der Waals surface area contributed by atoms with Crippen molar-refractivity contribution in [2.24, 2.45) is 0 Å². The third-order valence-corrected chi connectivity index (χ3v) is 5.87. The summed E-state index contributed by atoms with van der Waals surface area (Å²) in [6, 6.07) is 0. The van der Waals surface area contributed by atoms with Gasteiger partial charge >= 0.3 is 5.97 Å². The number of carboxylic acids is 1. The highest BCUT2D eigenvalue weighted by Gasteiger charge is 2.27. The van der Waals surface area contributed by atoms with Gasteiger partial charge in [-0.25, -0.2) is 22.9 Å². The van der Waals surface area contributed by atoms with Gasteiger partial charge < -0.3 is 10.0 Å². The Labute approximate surface area is 125 Å². The van der Waals surface area contributed by atoms with Crippen molar-refractivity contribution in [3.8, 4) is 0 Å². The van der Waals surface area contributed by atoms with Gasteiger partial charge in [-0.1, -0.05) is 0 Å². The van der Waals surface area contributed by atoms with Crippen LogP contribution in [-0.4, -0.2) is 54.9 Å². The van der Waals surface area contributed by atoms with E-state index in [1.807, 2.05) is 0 Å². The molecule has 10 heteroatoms. The fraction of sp³-hybridized carbons (Fsp3) is 0.545.